The second-order valence-corrected chi connectivity index (χ2v) is 12.7. The van der Waals surface area contributed by atoms with Gasteiger partial charge in [0.05, 0.1) is 28.8 Å². The molecule has 0 fully saturated rings. The van der Waals surface area contributed by atoms with Crippen molar-refractivity contribution in [1.82, 2.24) is 24.5 Å². The molecule has 0 saturated carbocycles. The van der Waals surface area contributed by atoms with E-state index in [9.17, 15) is 0 Å². The molecule has 0 aliphatic carbocycles. The summed E-state index contributed by atoms with van der Waals surface area (Å²) in [6.45, 7) is 7.78. The van der Waals surface area contributed by atoms with E-state index in [0.29, 0.717) is 23.2 Å². The second-order valence-electron chi connectivity index (χ2n) is 12.7. The molecule has 3 heterocycles. The molecule has 0 amide bonds. The standard InChI is InChI=1S/C45H26N6/c1-46-36-20-22-40-38(27-36)37-26-35(19-21-39(37)51(40)41-14-6-12-30-13-7-23-47-42(30)41)45-49-43(33-17-15-28-8-2-4-10-31(28)24-33)48-44(50-45)34-18-16-29-9-3-5-11-32(29)25-34/h2-27H. The predicted molar refractivity (Wildman–Crippen MR) is 207 cm³/mol. The van der Waals surface area contributed by atoms with Gasteiger partial charge in [0.2, 0.25) is 0 Å². The van der Waals surface area contributed by atoms with Crippen LogP contribution in [0.25, 0.3) is 98.9 Å². The Morgan fingerprint density at radius 3 is 1.63 bits per heavy atom. The first kappa shape index (κ1) is 28.8. The molecule has 51 heavy (non-hydrogen) atoms. The first-order chi connectivity index (χ1) is 25.2. The summed E-state index contributed by atoms with van der Waals surface area (Å²) >= 11 is 0. The average Bonchev–Trinajstić information content (AvgIpc) is 3.52. The largest absolute Gasteiger partial charge is 0.307 e. The van der Waals surface area contributed by atoms with Crippen molar-refractivity contribution >= 4 is 59.9 Å². The highest BCUT2D eigenvalue weighted by molar-refractivity contribution is 6.12. The first-order valence-corrected chi connectivity index (χ1v) is 16.7. The third-order valence-electron chi connectivity index (χ3n) is 9.64. The Morgan fingerprint density at radius 2 is 0.980 bits per heavy atom. The van der Waals surface area contributed by atoms with Gasteiger partial charge in [0.1, 0.15) is 0 Å². The minimum atomic E-state index is 0.576. The third kappa shape index (κ3) is 4.79. The normalized spacial score (nSPS) is 11.5. The Hall–Kier alpha value is -7.23. The predicted octanol–water partition coefficient (Wildman–Crippen LogP) is 11.4. The fraction of sp³-hybridized carbons (Fsp3) is 0. The molecular formula is C45H26N6. The van der Waals surface area contributed by atoms with Gasteiger partial charge in [0.15, 0.2) is 23.2 Å². The van der Waals surface area contributed by atoms with E-state index in [0.717, 1.165) is 76.6 Å². The van der Waals surface area contributed by atoms with Gasteiger partial charge in [-0.25, -0.2) is 19.8 Å². The summed E-state index contributed by atoms with van der Waals surface area (Å²) in [5.41, 5.74) is 7.18. The van der Waals surface area contributed by atoms with Crippen molar-refractivity contribution in [2.75, 3.05) is 0 Å². The van der Waals surface area contributed by atoms with Gasteiger partial charge in [-0.3, -0.25) is 4.98 Å². The van der Waals surface area contributed by atoms with Gasteiger partial charge in [-0.1, -0.05) is 97.1 Å². The summed E-state index contributed by atoms with van der Waals surface area (Å²) in [7, 11) is 0. The SMILES string of the molecule is [C-]#[N+]c1ccc2c(c1)c1cc(-c3nc(-c4ccc5ccccc5c4)nc(-c4ccc5ccccc5c4)n3)ccc1n2-c1cccc2cccnc12. The highest BCUT2D eigenvalue weighted by Gasteiger charge is 2.18. The summed E-state index contributed by atoms with van der Waals surface area (Å²) < 4.78 is 2.24. The molecule has 0 unspecified atom stereocenters. The number of fused-ring (bicyclic) bond motifs is 6. The summed E-state index contributed by atoms with van der Waals surface area (Å²) in [5.74, 6) is 1.79. The molecule has 6 nitrogen and oxygen atoms in total. The molecule has 0 aliphatic heterocycles. The first-order valence-electron chi connectivity index (χ1n) is 16.7. The van der Waals surface area contributed by atoms with Crippen molar-refractivity contribution in [3.05, 3.63) is 169 Å². The molecule has 3 aromatic heterocycles. The van der Waals surface area contributed by atoms with Gasteiger partial charge in [0, 0.05) is 33.7 Å². The number of hydrogen-bond donors (Lipinski definition) is 0. The second kappa shape index (κ2) is 11.4. The van der Waals surface area contributed by atoms with E-state index in [4.69, 9.17) is 26.5 Å². The van der Waals surface area contributed by atoms with Crippen LogP contribution >= 0.6 is 0 Å². The Labute approximate surface area is 292 Å². The monoisotopic (exact) mass is 650 g/mol. The fourth-order valence-corrected chi connectivity index (χ4v) is 7.17. The van der Waals surface area contributed by atoms with Gasteiger partial charge in [-0.2, -0.15) is 0 Å². The van der Waals surface area contributed by atoms with E-state index in [1.165, 1.54) is 0 Å². The lowest BCUT2D eigenvalue weighted by Crippen LogP contribution is -2.00. The Morgan fingerprint density at radius 1 is 0.451 bits per heavy atom. The fourth-order valence-electron chi connectivity index (χ4n) is 7.17. The summed E-state index contributed by atoms with van der Waals surface area (Å²) in [5, 5.41) is 7.60. The Balaban J connectivity index is 1.22. The zero-order chi connectivity index (χ0) is 33.9. The molecule has 6 heteroatoms. The van der Waals surface area contributed by atoms with Crippen LogP contribution in [0, 0.1) is 6.57 Å². The van der Waals surface area contributed by atoms with Crippen LogP contribution in [0.4, 0.5) is 5.69 Å². The Bertz CT molecular complexity index is 2960. The average molecular weight is 651 g/mol. The topological polar surface area (TPSA) is 60.9 Å². The highest BCUT2D eigenvalue weighted by atomic mass is 15.0. The molecule has 0 atom stereocenters. The number of rotatable bonds is 4. The molecule has 7 aromatic carbocycles. The van der Waals surface area contributed by atoms with E-state index in [2.05, 4.69) is 113 Å². The molecule has 0 radical (unpaired) electrons. The van der Waals surface area contributed by atoms with Crippen LogP contribution in [-0.4, -0.2) is 24.5 Å². The quantitative estimate of drug-likeness (QED) is 0.178. The number of benzene rings is 7. The molecule has 10 rings (SSSR count). The maximum atomic E-state index is 7.78. The van der Waals surface area contributed by atoms with Gasteiger partial charge in [-0.15, -0.1) is 0 Å². The van der Waals surface area contributed by atoms with Crippen molar-refractivity contribution in [3.63, 3.8) is 0 Å². The lowest BCUT2D eigenvalue weighted by molar-refractivity contribution is 1.08. The smallest absolute Gasteiger partial charge is 0.188 e. The Kier molecular flexibility index (Phi) is 6.45. The number of aromatic nitrogens is 5. The molecule has 0 spiro atoms. The van der Waals surface area contributed by atoms with Crippen LogP contribution in [0.3, 0.4) is 0 Å². The van der Waals surface area contributed by atoms with Crippen molar-refractivity contribution < 1.29 is 0 Å². The van der Waals surface area contributed by atoms with E-state index >= 15 is 0 Å². The van der Waals surface area contributed by atoms with Crippen molar-refractivity contribution in [2.24, 2.45) is 0 Å². The molecule has 10 aromatic rings. The zero-order valence-electron chi connectivity index (χ0n) is 27.2. The van der Waals surface area contributed by atoms with Crippen molar-refractivity contribution in [2.45, 2.75) is 0 Å². The van der Waals surface area contributed by atoms with Gasteiger partial charge in [-0.05, 0) is 81.5 Å². The van der Waals surface area contributed by atoms with Crippen LogP contribution < -0.4 is 0 Å². The minimum Gasteiger partial charge on any atom is -0.307 e. The number of pyridine rings is 1. The maximum absolute atomic E-state index is 7.78. The summed E-state index contributed by atoms with van der Waals surface area (Å²) in [4.78, 5) is 23.8. The third-order valence-corrected chi connectivity index (χ3v) is 9.64. The molecule has 0 N–H and O–H groups in total. The van der Waals surface area contributed by atoms with Crippen LogP contribution in [0.2, 0.25) is 0 Å². The molecule has 0 aliphatic rings. The summed E-state index contributed by atoms with van der Waals surface area (Å²) in [6.07, 6.45) is 1.83. The van der Waals surface area contributed by atoms with Crippen molar-refractivity contribution in [1.29, 1.82) is 0 Å². The number of para-hydroxylation sites is 1. The van der Waals surface area contributed by atoms with E-state index in [1.54, 1.807) is 0 Å². The minimum absolute atomic E-state index is 0.576. The van der Waals surface area contributed by atoms with E-state index in [1.807, 2.05) is 54.7 Å². The van der Waals surface area contributed by atoms with E-state index in [-0.39, 0.29) is 0 Å². The number of nitrogens with zero attached hydrogens (tertiary/aromatic N) is 6. The maximum Gasteiger partial charge on any atom is 0.188 e. The lowest BCUT2D eigenvalue weighted by Gasteiger charge is -2.11. The van der Waals surface area contributed by atoms with Crippen LogP contribution in [0.15, 0.2) is 158 Å². The van der Waals surface area contributed by atoms with Crippen LogP contribution in [0.1, 0.15) is 0 Å². The lowest BCUT2D eigenvalue weighted by atomic mass is 10.0. The van der Waals surface area contributed by atoms with Crippen LogP contribution in [-0.2, 0) is 0 Å². The summed E-state index contributed by atoms with van der Waals surface area (Å²) in [6, 6.07) is 51.8. The van der Waals surface area contributed by atoms with Gasteiger partial charge in [0.25, 0.3) is 0 Å². The van der Waals surface area contributed by atoms with E-state index < -0.39 is 0 Å². The van der Waals surface area contributed by atoms with Crippen molar-refractivity contribution in [3.8, 4) is 39.9 Å². The molecule has 0 bridgehead atoms. The molecular weight excluding hydrogens is 625 g/mol. The number of hydrogen-bond acceptors (Lipinski definition) is 4. The highest BCUT2D eigenvalue weighted by Crippen LogP contribution is 2.38. The zero-order valence-corrected chi connectivity index (χ0v) is 27.2. The van der Waals surface area contributed by atoms with Crippen LogP contribution in [0.5, 0.6) is 0 Å². The molecule has 236 valence electrons. The van der Waals surface area contributed by atoms with Gasteiger partial charge < -0.3 is 4.57 Å². The molecule has 0 saturated heterocycles. The van der Waals surface area contributed by atoms with Gasteiger partial charge >= 0.3 is 0 Å².